The van der Waals surface area contributed by atoms with Gasteiger partial charge in [-0.2, -0.15) is 5.10 Å². The molecule has 1 aliphatic carbocycles. The number of amides is 1. The predicted molar refractivity (Wildman–Crippen MR) is 81.9 cm³/mol. The minimum Gasteiger partial charge on any atom is -0.267 e. The highest BCUT2D eigenvalue weighted by Crippen LogP contribution is 2.15. The average Bonchev–Trinajstić information content (AvgIpc) is 2.40. The quantitative estimate of drug-likeness (QED) is 0.638. The van der Waals surface area contributed by atoms with Crippen molar-refractivity contribution in [2.24, 2.45) is 5.10 Å². The zero-order chi connectivity index (χ0) is 13.0. The summed E-state index contributed by atoms with van der Waals surface area (Å²) in [6.45, 7) is 2.03. The maximum absolute atomic E-state index is 11.9. The lowest BCUT2D eigenvalue weighted by Gasteiger charge is -2.12. The van der Waals surface area contributed by atoms with Crippen molar-refractivity contribution < 1.29 is 4.79 Å². The van der Waals surface area contributed by atoms with E-state index >= 15 is 0 Å². The second kappa shape index (κ2) is 6.31. The number of nitrogens with zero attached hydrogens (tertiary/aromatic N) is 1. The van der Waals surface area contributed by atoms with Crippen molar-refractivity contribution in [1.82, 2.24) is 5.43 Å². The van der Waals surface area contributed by atoms with E-state index in [9.17, 15) is 4.79 Å². The minimum absolute atomic E-state index is 0.119. The van der Waals surface area contributed by atoms with Crippen LogP contribution in [0.15, 0.2) is 23.3 Å². The van der Waals surface area contributed by atoms with Gasteiger partial charge in [0, 0.05) is 14.8 Å². The van der Waals surface area contributed by atoms with Gasteiger partial charge >= 0.3 is 0 Å². The first-order chi connectivity index (χ1) is 8.66. The number of rotatable bonds is 2. The van der Waals surface area contributed by atoms with Crippen LogP contribution in [-0.2, 0) is 0 Å². The van der Waals surface area contributed by atoms with Gasteiger partial charge in [0.25, 0.3) is 5.91 Å². The molecule has 4 heteroatoms. The molecule has 0 spiro atoms. The van der Waals surface area contributed by atoms with Crippen molar-refractivity contribution in [3.63, 3.8) is 0 Å². The molecule has 1 aromatic rings. The topological polar surface area (TPSA) is 41.5 Å². The van der Waals surface area contributed by atoms with Crippen LogP contribution in [0.25, 0.3) is 0 Å². The SMILES string of the molecule is Cc1ccc(C(=O)NN=C2CCCCC2)cc1I. The van der Waals surface area contributed by atoms with E-state index in [4.69, 9.17) is 0 Å². The molecule has 0 aromatic heterocycles. The first-order valence-electron chi connectivity index (χ1n) is 6.29. The lowest BCUT2D eigenvalue weighted by atomic mass is 9.99. The second-order valence-electron chi connectivity index (χ2n) is 4.64. The van der Waals surface area contributed by atoms with Crippen molar-refractivity contribution in [2.45, 2.75) is 39.0 Å². The molecule has 0 radical (unpaired) electrons. The summed E-state index contributed by atoms with van der Waals surface area (Å²) in [6.07, 6.45) is 5.70. The molecule has 0 bridgehead atoms. The fourth-order valence-electron chi connectivity index (χ4n) is 2.00. The van der Waals surface area contributed by atoms with Crippen LogP contribution in [0, 0.1) is 10.5 Å². The van der Waals surface area contributed by atoms with Crippen LogP contribution in [0.3, 0.4) is 0 Å². The number of benzene rings is 1. The molecule has 2 rings (SSSR count). The van der Waals surface area contributed by atoms with E-state index in [1.165, 1.54) is 24.8 Å². The number of aryl methyl sites for hydroxylation is 1. The van der Waals surface area contributed by atoms with Gasteiger partial charge in [0.2, 0.25) is 0 Å². The van der Waals surface area contributed by atoms with Gasteiger partial charge in [-0.1, -0.05) is 12.5 Å². The molecule has 1 aromatic carbocycles. The molecule has 1 aliphatic rings. The van der Waals surface area contributed by atoms with E-state index in [0.29, 0.717) is 5.56 Å². The summed E-state index contributed by atoms with van der Waals surface area (Å²) in [7, 11) is 0. The highest BCUT2D eigenvalue weighted by molar-refractivity contribution is 14.1. The Morgan fingerprint density at radius 1 is 1.28 bits per heavy atom. The normalized spacial score (nSPS) is 15.3. The summed E-state index contributed by atoms with van der Waals surface area (Å²) in [5, 5.41) is 4.23. The average molecular weight is 356 g/mol. The summed E-state index contributed by atoms with van der Waals surface area (Å²) in [5.41, 5.74) is 5.64. The second-order valence-corrected chi connectivity index (χ2v) is 5.81. The first kappa shape index (κ1) is 13.5. The molecule has 0 unspecified atom stereocenters. The molecule has 18 heavy (non-hydrogen) atoms. The van der Waals surface area contributed by atoms with Crippen LogP contribution >= 0.6 is 22.6 Å². The number of halogens is 1. The van der Waals surface area contributed by atoms with Crippen molar-refractivity contribution >= 4 is 34.2 Å². The van der Waals surface area contributed by atoms with Crippen molar-refractivity contribution in [3.05, 3.63) is 32.9 Å². The summed E-state index contributed by atoms with van der Waals surface area (Å²) < 4.78 is 1.10. The molecule has 1 fully saturated rings. The third-order valence-electron chi connectivity index (χ3n) is 3.18. The summed E-state index contributed by atoms with van der Waals surface area (Å²) in [6, 6.07) is 5.70. The van der Waals surface area contributed by atoms with Crippen LogP contribution < -0.4 is 5.43 Å². The largest absolute Gasteiger partial charge is 0.271 e. The predicted octanol–water partition coefficient (Wildman–Crippen LogP) is 3.65. The van der Waals surface area contributed by atoms with Gasteiger partial charge in [0.1, 0.15) is 0 Å². The minimum atomic E-state index is -0.119. The van der Waals surface area contributed by atoms with Gasteiger partial charge in [0.15, 0.2) is 0 Å². The molecular weight excluding hydrogens is 339 g/mol. The maximum Gasteiger partial charge on any atom is 0.271 e. The number of nitrogens with one attached hydrogen (secondary N) is 1. The first-order valence-corrected chi connectivity index (χ1v) is 7.36. The summed E-state index contributed by atoms with van der Waals surface area (Å²) in [5.74, 6) is -0.119. The Morgan fingerprint density at radius 3 is 2.67 bits per heavy atom. The Morgan fingerprint density at radius 2 is 2.00 bits per heavy atom. The number of carbonyl (C=O) groups excluding carboxylic acids is 1. The third kappa shape index (κ3) is 3.54. The Hall–Kier alpha value is -0.910. The fraction of sp³-hybridized carbons (Fsp3) is 0.429. The molecule has 1 amide bonds. The number of hydrogen-bond acceptors (Lipinski definition) is 2. The van der Waals surface area contributed by atoms with Gasteiger partial charge in [-0.3, -0.25) is 4.79 Å². The van der Waals surface area contributed by atoms with Crippen molar-refractivity contribution in [1.29, 1.82) is 0 Å². The molecular formula is C14H17IN2O. The molecule has 0 atom stereocenters. The lowest BCUT2D eigenvalue weighted by molar-refractivity contribution is 0.0954. The Labute approximate surface area is 121 Å². The smallest absolute Gasteiger partial charge is 0.267 e. The van der Waals surface area contributed by atoms with E-state index in [1.807, 2.05) is 25.1 Å². The monoisotopic (exact) mass is 356 g/mol. The highest BCUT2D eigenvalue weighted by atomic mass is 127. The van der Waals surface area contributed by atoms with Crippen LogP contribution in [0.4, 0.5) is 0 Å². The molecule has 3 nitrogen and oxygen atoms in total. The van der Waals surface area contributed by atoms with Gasteiger partial charge < -0.3 is 0 Å². The number of hydrogen-bond donors (Lipinski definition) is 1. The van der Waals surface area contributed by atoms with E-state index in [-0.39, 0.29) is 5.91 Å². The van der Waals surface area contributed by atoms with E-state index in [2.05, 4.69) is 33.1 Å². The van der Waals surface area contributed by atoms with Crippen LogP contribution in [0.1, 0.15) is 48.0 Å². The Bertz CT molecular complexity index is 475. The van der Waals surface area contributed by atoms with E-state index in [0.717, 1.165) is 22.1 Å². The standard InChI is InChI=1S/C14H17IN2O/c1-10-7-8-11(9-13(10)15)14(18)17-16-12-5-3-2-4-6-12/h7-9H,2-6H2,1H3,(H,17,18). The van der Waals surface area contributed by atoms with Gasteiger partial charge in [-0.25, -0.2) is 5.43 Å². The van der Waals surface area contributed by atoms with E-state index in [1.54, 1.807) is 0 Å². The number of carbonyl (C=O) groups is 1. The lowest BCUT2D eigenvalue weighted by Crippen LogP contribution is -2.20. The zero-order valence-electron chi connectivity index (χ0n) is 10.5. The maximum atomic E-state index is 11.9. The molecule has 0 heterocycles. The molecule has 1 saturated carbocycles. The van der Waals surface area contributed by atoms with Crippen molar-refractivity contribution in [3.8, 4) is 0 Å². The third-order valence-corrected chi connectivity index (χ3v) is 4.34. The fourth-order valence-corrected chi connectivity index (χ4v) is 2.52. The zero-order valence-corrected chi connectivity index (χ0v) is 12.7. The van der Waals surface area contributed by atoms with Gasteiger partial charge in [-0.15, -0.1) is 0 Å². The summed E-state index contributed by atoms with van der Waals surface area (Å²) >= 11 is 2.24. The molecule has 96 valence electrons. The highest BCUT2D eigenvalue weighted by Gasteiger charge is 2.09. The van der Waals surface area contributed by atoms with Gasteiger partial charge in [0.05, 0.1) is 0 Å². The molecule has 0 aliphatic heterocycles. The van der Waals surface area contributed by atoms with Crippen LogP contribution in [0.5, 0.6) is 0 Å². The Kier molecular flexibility index (Phi) is 4.74. The van der Waals surface area contributed by atoms with Crippen LogP contribution in [-0.4, -0.2) is 11.6 Å². The summed E-state index contributed by atoms with van der Waals surface area (Å²) in [4.78, 5) is 11.9. The molecule has 1 N–H and O–H groups in total. The van der Waals surface area contributed by atoms with Crippen LogP contribution in [0.2, 0.25) is 0 Å². The van der Waals surface area contributed by atoms with E-state index < -0.39 is 0 Å². The Balaban J connectivity index is 2.00. The van der Waals surface area contributed by atoms with Crippen molar-refractivity contribution in [2.75, 3.05) is 0 Å². The van der Waals surface area contributed by atoms with Gasteiger partial charge in [-0.05, 0) is 72.9 Å². The number of hydrazone groups is 1. The molecule has 0 saturated heterocycles.